The normalized spacial score (nSPS) is 15.5. The summed E-state index contributed by atoms with van der Waals surface area (Å²) < 4.78 is 67.4. The van der Waals surface area contributed by atoms with E-state index in [2.05, 4.69) is 11.8 Å². The molecule has 0 heterocycles. The number of aryl methyl sites for hydroxylation is 1. The first-order valence-corrected chi connectivity index (χ1v) is 13.9. The van der Waals surface area contributed by atoms with Crippen LogP contribution in [0.25, 0.3) is 0 Å². The van der Waals surface area contributed by atoms with Crippen LogP contribution in [0.1, 0.15) is 87.1 Å². The molecule has 0 amide bonds. The van der Waals surface area contributed by atoms with Crippen molar-refractivity contribution in [2.75, 3.05) is 5.75 Å². The van der Waals surface area contributed by atoms with Gasteiger partial charge >= 0.3 is 6.18 Å². The fraction of sp³-hybridized carbons (Fsp3) is 0.593. The molecule has 36 heavy (non-hydrogen) atoms. The van der Waals surface area contributed by atoms with Crippen molar-refractivity contribution in [3.63, 3.8) is 0 Å². The highest BCUT2D eigenvalue weighted by molar-refractivity contribution is 7.93. The maximum absolute atomic E-state index is 14.4. The number of halogens is 3. The van der Waals surface area contributed by atoms with Crippen molar-refractivity contribution in [3.8, 4) is 11.8 Å². The Kier molecular flexibility index (Phi) is 10.5. The zero-order chi connectivity index (χ0) is 27.0. The molecular weight excluding hydrogens is 493 g/mol. The number of benzene rings is 1. The molecule has 198 valence electrons. The molecule has 1 saturated carbocycles. The number of alkyl halides is 3. The highest BCUT2D eigenvalue weighted by Gasteiger charge is 2.56. The molecule has 0 saturated heterocycles. The molecule has 1 aliphatic rings. The molecule has 0 unspecified atom stereocenters. The molecule has 9 heteroatoms. The number of unbranched alkanes of at least 4 members (excludes halogenated alkanes) is 4. The highest BCUT2D eigenvalue weighted by atomic mass is 32.2. The van der Waals surface area contributed by atoms with Gasteiger partial charge in [-0.3, -0.25) is 14.4 Å². The van der Waals surface area contributed by atoms with Gasteiger partial charge in [-0.1, -0.05) is 61.9 Å². The minimum absolute atomic E-state index is 0.0676. The highest BCUT2D eigenvalue weighted by Crippen LogP contribution is 2.45. The average molecular weight is 527 g/mol. The second kappa shape index (κ2) is 12.7. The van der Waals surface area contributed by atoms with Crippen LogP contribution in [-0.4, -0.2) is 42.9 Å². The Morgan fingerprint density at radius 1 is 0.972 bits per heavy atom. The Hall–Kier alpha value is -2.47. The summed E-state index contributed by atoms with van der Waals surface area (Å²) in [6, 6.07) is 6.05. The topological polar surface area (TPSA) is 85.3 Å². The van der Waals surface area contributed by atoms with Crippen LogP contribution in [0.3, 0.4) is 0 Å². The summed E-state index contributed by atoms with van der Waals surface area (Å²) in [7, 11) is -3.69. The number of carbonyl (C=O) groups excluding carboxylic acids is 3. The molecule has 1 aromatic rings. The van der Waals surface area contributed by atoms with Crippen molar-refractivity contribution in [2.24, 2.45) is 5.41 Å². The zero-order valence-corrected chi connectivity index (χ0v) is 21.6. The smallest absolute Gasteiger partial charge is 0.299 e. The molecule has 1 atom stereocenters. The van der Waals surface area contributed by atoms with Crippen LogP contribution >= 0.6 is 0 Å². The van der Waals surface area contributed by atoms with Crippen molar-refractivity contribution < 1.29 is 36.0 Å². The van der Waals surface area contributed by atoms with Gasteiger partial charge < -0.3 is 0 Å². The lowest BCUT2D eigenvalue weighted by molar-refractivity contribution is -0.203. The predicted molar refractivity (Wildman–Crippen MR) is 131 cm³/mol. The molecule has 0 N–H and O–H groups in total. The van der Waals surface area contributed by atoms with E-state index in [0.717, 1.165) is 24.8 Å². The van der Waals surface area contributed by atoms with Gasteiger partial charge in [0.2, 0.25) is 0 Å². The minimum Gasteiger partial charge on any atom is -0.299 e. The van der Waals surface area contributed by atoms with Crippen molar-refractivity contribution in [1.29, 1.82) is 0 Å². The maximum Gasteiger partial charge on any atom is 0.405 e. The quantitative estimate of drug-likeness (QED) is 0.137. The summed E-state index contributed by atoms with van der Waals surface area (Å²) in [6.45, 7) is 3.78. The average Bonchev–Trinajstić information content (AvgIpc) is 3.61. The molecule has 0 radical (unpaired) electrons. The minimum atomic E-state index is -5.03. The lowest BCUT2D eigenvalue weighted by atomic mass is 9.76. The van der Waals surface area contributed by atoms with E-state index in [4.69, 9.17) is 0 Å². The van der Waals surface area contributed by atoms with E-state index in [9.17, 15) is 36.0 Å². The molecular formula is C27H33F3O5S. The summed E-state index contributed by atoms with van der Waals surface area (Å²) in [5.41, 5.74) is -2.07. The Morgan fingerprint density at radius 2 is 1.61 bits per heavy atom. The fourth-order valence-electron chi connectivity index (χ4n) is 3.85. The van der Waals surface area contributed by atoms with Crippen LogP contribution in [0.5, 0.6) is 0 Å². The van der Waals surface area contributed by atoms with Crippen molar-refractivity contribution in [2.45, 2.75) is 89.5 Å². The monoisotopic (exact) mass is 526 g/mol. The van der Waals surface area contributed by atoms with E-state index < -0.39 is 69.0 Å². The van der Waals surface area contributed by atoms with Crippen LogP contribution in [0, 0.1) is 24.2 Å². The van der Waals surface area contributed by atoms with E-state index in [1.54, 1.807) is 19.1 Å². The number of sulfone groups is 1. The predicted octanol–water partition coefficient (Wildman–Crippen LogP) is 5.59. The lowest BCUT2D eigenvalue weighted by Gasteiger charge is -2.30. The first kappa shape index (κ1) is 29.8. The second-order valence-corrected chi connectivity index (χ2v) is 11.9. The molecule has 0 bridgehead atoms. The van der Waals surface area contributed by atoms with E-state index in [1.165, 1.54) is 12.1 Å². The third-order valence-corrected chi connectivity index (χ3v) is 8.36. The Labute approximate surface area is 211 Å². The number of rotatable bonds is 14. The van der Waals surface area contributed by atoms with Gasteiger partial charge in [-0.05, 0) is 26.2 Å². The fourth-order valence-corrected chi connectivity index (χ4v) is 5.49. The summed E-state index contributed by atoms with van der Waals surface area (Å²) in [5, 5.41) is -0.614. The molecule has 0 spiro atoms. The Morgan fingerprint density at radius 3 is 2.17 bits per heavy atom. The third-order valence-electron chi connectivity index (χ3n) is 6.15. The first-order valence-electron chi connectivity index (χ1n) is 12.2. The number of hydrogen-bond donors (Lipinski definition) is 0. The Balaban J connectivity index is 2.27. The van der Waals surface area contributed by atoms with Crippen LogP contribution in [0.15, 0.2) is 24.3 Å². The van der Waals surface area contributed by atoms with Gasteiger partial charge in [-0.2, -0.15) is 13.2 Å². The van der Waals surface area contributed by atoms with Crippen molar-refractivity contribution >= 4 is 27.2 Å². The van der Waals surface area contributed by atoms with Gasteiger partial charge in [0.05, 0.1) is 11.7 Å². The van der Waals surface area contributed by atoms with Crippen LogP contribution in [-0.2, 0) is 19.4 Å². The largest absolute Gasteiger partial charge is 0.405 e. The van der Waals surface area contributed by atoms with Crippen LogP contribution in [0.2, 0.25) is 0 Å². The van der Waals surface area contributed by atoms with Gasteiger partial charge in [-0.25, -0.2) is 8.42 Å². The standard InChI is InChI=1S/C27H33F3O5S/c1-3-4-5-6-7-8-15-26(27(28,29)30,18-25(33)21-11-9-20(2)10-12-21)17-22(31)16-23(32)19-36(34,35)24-13-14-24/h9-12,24H,3-7,13-14,16-19H2,1-2H3/t26-/m1/s1. The number of hydrogen-bond acceptors (Lipinski definition) is 5. The molecule has 1 aromatic carbocycles. The Bertz CT molecular complexity index is 1110. The van der Waals surface area contributed by atoms with Crippen LogP contribution in [0.4, 0.5) is 13.2 Å². The molecule has 2 rings (SSSR count). The SMILES string of the molecule is CCCCCCC#C[C@@](CC(=O)CC(=O)CS(=O)(=O)C1CC1)(CC(=O)c1ccc(C)cc1)C(F)(F)F. The summed E-state index contributed by atoms with van der Waals surface area (Å²) in [4.78, 5) is 37.7. The second-order valence-electron chi connectivity index (χ2n) is 9.60. The molecule has 1 fully saturated rings. The van der Waals surface area contributed by atoms with Crippen molar-refractivity contribution in [3.05, 3.63) is 35.4 Å². The third kappa shape index (κ3) is 8.88. The number of carbonyl (C=O) groups is 3. The summed E-state index contributed by atoms with van der Waals surface area (Å²) in [6.07, 6.45) is -3.90. The zero-order valence-electron chi connectivity index (χ0n) is 20.7. The van der Waals surface area contributed by atoms with Gasteiger partial charge in [0.15, 0.2) is 21.4 Å². The summed E-state index contributed by atoms with van der Waals surface area (Å²) >= 11 is 0. The molecule has 5 nitrogen and oxygen atoms in total. The number of ketones is 3. The van der Waals surface area contributed by atoms with Crippen LogP contribution < -0.4 is 0 Å². The van der Waals surface area contributed by atoms with Crippen molar-refractivity contribution in [1.82, 2.24) is 0 Å². The maximum atomic E-state index is 14.4. The summed E-state index contributed by atoms with van der Waals surface area (Å²) in [5.74, 6) is 1.01. The number of Topliss-reactive ketones (excluding diaryl/α,β-unsaturated/α-hetero) is 3. The molecule has 0 aromatic heterocycles. The van der Waals surface area contributed by atoms with E-state index >= 15 is 0 Å². The van der Waals surface area contributed by atoms with E-state index in [-0.39, 0.29) is 12.0 Å². The molecule has 0 aliphatic heterocycles. The van der Waals surface area contributed by atoms with E-state index in [0.29, 0.717) is 19.3 Å². The van der Waals surface area contributed by atoms with Gasteiger partial charge in [0.1, 0.15) is 17.0 Å². The van der Waals surface area contributed by atoms with Gasteiger partial charge in [0, 0.05) is 24.8 Å². The lowest BCUT2D eigenvalue weighted by Crippen LogP contribution is -2.41. The van der Waals surface area contributed by atoms with Gasteiger partial charge in [-0.15, -0.1) is 5.92 Å². The van der Waals surface area contributed by atoms with E-state index in [1.807, 2.05) is 6.92 Å². The first-order chi connectivity index (χ1) is 16.8. The van der Waals surface area contributed by atoms with Gasteiger partial charge in [0.25, 0.3) is 0 Å². The molecule has 1 aliphatic carbocycles.